The normalized spacial score (nSPS) is 20.8. The van der Waals surface area contributed by atoms with Crippen LogP contribution in [-0.2, 0) is 9.59 Å². The molecule has 1 aliphatic heterocycles. The van der Waals surface area contributed by atoms with Crippen LogP contribution >= 0.6 is 0 Å². The lowest BCUT2D eigenvalue weighted by atomic mass is 9.87. The van der Waals surface area contributed by atoms with Crippen molar-refractivity contribution in [3.63, 3.8) is 0 Å². The maximum Gasteiger partial charge on any atom is 0.230 e. The Morgan fingerprint density at radius 3 is 2.62 bits per heavy atom. The molecule has 2 heterocycles. The summed E-state index contributed by atoms with van der Waals surface area (Å²) in [6.07, 6.45) is 6.34. The third-order valence-electron chi connectivity index (χ3n) is 5.36. The Morgan fingerprint density at radius 2 is 1.92 bits per heavy atom. The summed E-state index contributed by atoms with van der Waals surface area (Å²) in [6, 6.07) is 12.0. The molecule has 1 saturated heterocycles. The van der Waals surface area contributed by atoms with Crippen molar-refractivity contribution in [3.05, 3.63) is 42.1 Å². The zero-order valence-corrected chi connectivity index (χ0v) is 14.8. The smallest absolute Gasteiger partial charge is 0.230 e. The predicted molar refractivity (Wildman–Crippen MR) is 99.1 cm³/mol. The number of aromatic nitrogens is 2. The molecule has 6 heteroatoms. The van der Waals surface area contributed by atoms with E-state index in [1.165, 1.54) is 19.3 Å². The van der Waals surface area contributed by atoms with Crippen molar-refractivity contribution in [2.24, 2.45) is 5.92 Å². The van der Waals surface area contributed by atoms with Gasteiger partial charge >= 0.3 is 0 Å². The summed E-state index contributed by atoms with van der Waals surface area (Å²) < 4.78 is 1.96. The van der Waals surface area contributed by atoms with E-state index in [0.29, 0.717) is 18.3 Å². The summed E-state index contributed by atoms with van der Waals surface area (Å²) in [6.45, 7) is 0.402. The molecule has 26 heavy (non-hydrogen) atoms. The minimum absolute atomic E-state index is 0.0668. The molecule has 1 saturated carbocycles. The average molecular weight is 352 g/mol. The number of carbonyl (C=O) groups is 2. The molecule has 1 aromatic carbocycles. The van der Waals surface area contributed by atoms with E-state index in [0.717, 1.165) is 24.2 Å². The van der Waals surface area contributed by atoms with Gasteiger partial charge in [0.25, 0.3) is 0 Å². The highest BCUT2D eigenvalue weighted by Crippen LogP contribution is 2.35. The first kappa shape index (κ1) is 16.8. The van der Waals surface area contributed by atoms with Gasteiger partial charge in [-0.15, -0.1) is 5.10 Å². The first-order valence-electron chi connectivity index (χ1n) is 9.43. The summed E-state index contributed by atoms with van der Waals surface area (Å²) in [4.78, 5) is 23.8. The number of carbonyl (C=O) groups excluding carboxylic acids is 2. The molecule has 2 N–H and O–H groups in total. The van der Waals surface area contributed by atoms with Crippen LogP contribution in [0.25, 0.3) is 5.69 Å². The van der Waals surface area contributed by atoms with Crippen molar-refractivity contribution in [2.45, 2.75) is 44.4 Å². The molecule has 1 atom stereocenters. The van der Waals surface area contributed by atoms with E-state index in [4.69, 9.17) is 0 Å². The molecule has 0 radical (unpaired) electrons. The summed E-state index contributed by atoms with van der Waals surface area (Å²) in [5.74, 6) is 0.511. The first-order chi connectivity index (χ1) is 12.7. The van der Waals surface area contributed by atoms with Crippen molar-refractivity contribution in [2.75, 3.05) is 11.9 Å². The Morgan fingerprint density at radius 1 is 1.15 bits per heavy atom. The molecule has 1 aliphatic carbocycles. The van der Waals surface area contributed by atoms with Crippen LogP contribution in [0.2, 0.25) is 0 Å². The minimum atomic E-state index is -0.317. The Hall–Kier alpha value is -2.63. The molecule has 0 bridgehead atoms. The number of para-hydroxylation sites is 1. The molecule has 0 spiro atoms. The summed E-state index contributed by atoms with van der Waals surface area (Å²) in [5, 5.41) is 10.3. The van der Waals surface area contributed by atoms with Gasteiger partial charge in [0, 0.05) is 30.6 Å². The van der Waals surface area contributed by atoms with E-state index >= 15 is 0 Å². The Labute approximate surface area is 153 Å². The number of hydrogen-bond acceptors (Lipinski definition) is 3. The molecule has 2 aromatic rings. The predicted octanol–water partition coefficient (Wildman–Crippen LogP) is 2.99. The number of rotatable bonds is 4. The fourth-order valence-corrected chi connectivity index (χ4v) is 3.94. The third-order valence-corrected chi connectivity index (χ3v) is 5.36. The van der Waals surface area contributed by atoms with E-state index in [9.17, 15) is 9.59 Å². The second-order valence-corrected chi connectivity index (χ2v) is 7.23. The first-order valence-corrected chi connectivity index (χ1v) is 9.43. The van der Waals surface area contributed by atoms with E-state index in [2.05, 4.69) is 15.7 Å². The molecular weight excluding hydrogens is 328 g/mol. The number of nitrogens with one attached hydrogen (secondary N) is 2. The lowest BCUT2D eigenvalue weighted by molar-refractivity contribution is -0.123. The summed E-state index contributed by atoms with van der Waals surface area (Å²) in [5.41, 5.74) is 2.16. The highest BCUT2D eigenvalue weighted by molar-refractivity contribution is 5.96. The van der Waals surface area contributed by atoms with Crippen molar-refractivity contribution in [1.29, 1.82) is 0 Å². The number of hydrogen-bond donors (Lipinski definition) is 2. The van der Waals surface area contributed by atoms with Gasteiger partial charge in [-0.2, -0.15) is 0 Å². The van der Waals surface area contributed by atoms with Crippen LogP contribution in [0.5, 0.6) is 0 Å². The fourth-order valence-electron chi connectivity index (χ4n) is 3.94. The second-order valence-electron chi connectivity index (χ2n) is 7.23. The number of benzene rings is 1. The molecule has 2 fully saturated rings. The monoisotopic (exact) mass is 352 g/mol. The van der Waals surface area contributed by atoms with Crippen molar-refractivity contribution < 1.29 is 9.59 Å². The van der Waals surface area contributed by atoms with Crippen molar-refractivity contribution in [1.82, 2.24) is 15.1 Å². The lowest BCUT2D eigenvalue weighted by Gasteiger charge is -2.22. The summed E-state index contributed by atoms with van der Waals surface area (Å²) in [7, 11) is 0. The van der Waals surface area contributed by atoms with Crippen LogP contribution in [0.4, 0.5) is 5.82 Å². The van der Waals surface area contributed by atoms with Gasteiger partial charge in [0.2, 0.25) is 11.8 Å². The average Bonchev–Trinajstić information content (AvgIpc) is 3.30. The Balaban J connectivity index is 1.60. The second kappa shape index (κ2) is 7.32. The SMILES string of the molecule is O=C1C[C@H](C(=O)Nc2cc(C3CCCCC3)n(-c3ccccc3)n2)CN1. The van der Waals surface area contributed by atoms with E-state index in [-0.39, 0.29) is 24.2 Å². The van der Waals surface area contributed by atoms with Crippen LogP contribution < -0.4 is 10.6 Å². The van der Waals surface area contributed by atoms with Gasteiger partial charge in [-0.3, -0.25) is 9.59 Å². The zero-order chi connectivity index (χ0) is 17.9. The topological polar surface area (TPSA) is 76.0 Å². The highest BCUT2D eigenvalue weighted by atomic mass is 16.2. The lowest BCUT2D eigenvalue weighted by Crippen LogP contribution is -2.24. The van der Waals surface area contributed by atoms with E-state index in [1.807, 2.05) is 41.1 Å². The molecular formula is C20H24N4O2. The quantitative estimate of drug-likeness (QED) is 0.888. The number of nitrogens with zero attached hydrogens (tertiary/aromatic N) is 2. The van der Waals surface area contributed by atoms with Gasteiger partial charge < -0.3 is 10.6 Å². The Kier molecular flexibility index (Phi) is 4.73. The largest absolute Gasteiger partial charge is 0.355 e. The summed E-state index contributed by atoms with van der Waals surface area (Å²) >= 11 is 0. The van der Waals surface area contributed by atoms with E-state index in [1.54, 1.807) is 0 Å². The molecule has 0 unspecified atom stereocenters. The maximum absolute atomic E-state index is 12.4. The van der Waals surface area contributed by atoms with E-state index < -0.39 is 0 Å². The van der Waals surface area contributed by atoms with Gasteiger partial charge in [0.1, 0.15) is 0 Å². The molecule has 1 aromatic heterocycles. The van der Waals surface area contributed by atoms with Crippen LogP contribution in [0.1, 0.15) is 50.1 Å². The number of anilines is 1. The van der Waals surface area contributed by atoms with Crippen LogP contribution in [-0.4, -0.2) is 28.1 Å². The molecule has 2 aliphatic rings. The van der Waals surface area contributed by atoms with Gasteiger partial charge in [-0.05, 0) is 25.0 Å². The van der Waals surface area contributed by atoms with Crippen LogP contribution in [0, 0.1) is 5.92 Å². The third kappa shape index (κ3) is 3.49. The molecule has 2 amide bonds. The standard InChI is InChI=1S/C20H24N4O2/c25-19-11-15(13-21-19)20(26)22-18-12-17(14-7-3-1-4-8-14)24(23-18)16-9-5-2-6-10-16/h2,5-6,9-10,12,14-15H,1,3-4,7-8,11,13H2,(H,21,25)(H,22,23,26)/t15-/m0/s1. The van der Waals surface area contributed by atoms with Crippen LogP contribution in [0.15, 0.2) is 36.4 Å². The van der Waals surface area contributed by atoms with Gasteiger partial charge in [0.05, 0.1) is 11.6 Å². The molecule has 4 rings (SSSR count). The van der Waals surface area contributed by atoms with Crippen LogP contribution in [0.3, 0.4) is 0 Å². The minimum Gasteiger partial charge on any atom is -0.355 e. The van der Waals surface area contributed by atoms with Gasteiger partial charge in [-0.25, -0.2) is 4.68 Å². The molecule has 6 nitrogen and oxygen atoms in total. The van der Waals surface area contributed by atoms with Gasteiger partial charge in [0.15, 0.2) is 5.82 Å². The highest BCUT2D eigenvalue weighted by Gasteiger charge is 2.29. The molecule has 136 valence electrons. The Bertz CT molecular complexity index is 793. The van der Waals surface area contributed by atoms with Gasteiger partial charge in [-0.1, -0.05) is 37.5 Å². The number of amides is 2. The van der Waals surface area contributed by atoms with Crippen molar-refractivity contribution >= 4 is 17.6 Å². The fraction of sp³-hybridized carbons (Fsp3) is 0.450. The van der Waals surface area contributed by atoms with Crippen molar-refractivity contribution in [3.8, 4) is 5.69 Å². The zero-order valence-electron chi connectivity index (χ0n) is 14.8. The maximum atomic E-state index is 12.4.